The number of nitrogens with zero attached hydrogens (tertiary/aromatic N) is 1. The van der Waals surface area contributed by atoms with E-state index in [1.165, 1.54) is 16.4 Å². The van der Waals surface area contributed by atoms with Crippen molar-refractivity contribution in [2.24, 2.45) is 0 Å². The maximum Gasteiger partial charge on any atom is 0.306 e. The average Bonchev–Trinajstić information content (AvgIpc) is 3.26. The van der Waals surface area contributed by atoms with Crippen LogP contribution in [-0.4, -0.2) is 49.3 Å². The molecule has 1 aliphatic heterocycles. The van der Waals surface area contributed by atoms with Gasteiger partial charge in [-0.1, -0.05) is 30.7 Å². The van der Waals surface area contributed by atoms with Crippen molar-refractivity contribution in [2.45, 2.75) is 43.4 Å². The first-order chi connectivity index (χ1) is 16.4. The zero-order chi connectivity index (χ0) is 24.0. The van der Waals surface area contributed by atoms with Gasteiger partial charge in [0.05, 0.1) is 4.90 Å². The van der Waals surface area contributed by atoms with E-state index in [1.807, 2.05) is 30.5 Å². The molecule has 4 rings (SSSR count). The first kappa shape index (κ1) is 24.0. The standard InChI is InChI=1S/C25H29N3O5S/c29-24(18-33-25(30)13-6-8-19-17-26-23-12-3-2-11-22(19)23)27-20-9-7-10-21(16-20)34(31,32)28-14-4-1-5-15-28/h2-3,7,9-12,16-17,26H,1,4-6,8,13-15,18H2,(H,27,29). The zero-order valence-electron chi connectivity index (χ0n) is 19.0. The fourth-order valence-electron chi connectivity index (χ4n) is 4.17. The second-order valence-corrected chi connectivity index (χ2v) is 10.4. The molecule has 8 nitrogen and oxygen atoms in total. The van der Waals surface area contributed by atoms with Crippen LogP contribution in [0, 0.1) is 0 Å². The average molecular weight is 484 g/mol. The quantitative estimate of drug-likeness (QED) is 0.450. The van der Waals surface area contributed by atoms with E-state index in [1.54, 1.807) is 12.1 Å². The molecule has 0 aliphatic carbocycles. The lowest BCUT2D eigenvalue weighted by atomic mass is 10.1. The summed E-state index contributed by atoms with van der Waals surface area (Å²) in [6.45, 7) is 0.597. The van der Waals surface area contributed by atoms with Gasteiger partial charge in [-0.25, -0.2) is 8.42 Å². The molecule has 9 heteroatoms. The molecule has 3 aromatic rings. The number of aryl methyl sites for hydroxylation is 1. The van der Waals surface area contributed by atoms with Gasteiger partial charge in [-0.15, -0.1) is 0 Å². The lowest BCUT2D eigenvalue weighted by Crippen LogP contribution is -2.35. The van der Waals surface area contributed by atoms with Gasteiger partial charge in [0.15, 0.2) is 6.61 Å². The SMILES string of the molecule is O=C(COC(=O)CCCc1c[nH]c2ccccc12)Nc1cccc(S(=O)(=O)N2CCCCC2)c1. The maximum absolute atomic E-state index is 12.8. The minimum Gasteiger partial charge on any atom is -0.456 e. The summed E-state index contributed by atoms with van der Waals surface area (Å²) in [6.07, 6.45) is 6.22. The smallest absolute Gasteiger partial charge is 0.306 e. The zero-order valence-corrected chi connectivity index (χ0v) is 19.8. The highest BCUT2D eigenvalue weighted by Crippen LogP contribution is 2.23. The number of carbonyl (C=O) groups is 2. The second-order valence-electron chi connectivity index (χ2n) is 8.41. The lowest BCUT2D eigenvalue weighted by molar-refractivity contribution is -0.147. The van der Waals surface area contributed by atoms with Crippen LogP contribution < -0.4 is 5.32 Å². The number of nitrogens with one attached hydrogen (secondary N) is 2. The molecule has 1 aromatic heterocycles. The van der Waals surface area contributed by atoms with Gasteiger partial charge in [0, 0.05) is 42.3 Å². The number of piperidine rings is 1. The Bertz CT molecular complexity index is 1260. The monoisotopic (exact) mass is 483 g/mol. The van der Waals surface area contributed by atoms with Crippen LogP contribution >= 0.6 is 0 Å². The van der Waals surface area contributed by atoms with Crippen molar-refractivity contribution in [1.29, 1.82) is 0 Å². The minimum absolute atomic E-state index is 0.140. The maximum atomic E-state index is 12.8. The van der Waals surface area contributed by atoms with Crippen molar-refractivity contribution in [2.75, 3.05) is 25.0 Å². The summed E-state index contributed by atoms with van der Waals surface area (Å²) in [5, 5.41) is 3.75. The largest absolute Gasteiger partial charge is 0.456 e. The number of amides is 1. The third-order valence-electron chi connectivity index (χ3n) is 5.94. The summed E-state index contributed by atoms with van der Waals surface area (Å²) >= 11 is 0. The van der Waals surface area contributed by atoms with Crippen LogP contribution in [0.4, 0.5) is 5.69 Å². The van der Waals surface area contributed by atoms with Crippen molar-refractivity contribution in [3.8, 4) is 0 Å². The number of fused-ring (bicyclic) bond motifs is 1. The van der Waals surface area contributed by atoms with Crippen molar-refractivity contribution >= 4 is 38.5 Å². The van der Waals surface area contributed by atoms with Gasteiger partial charge in [-0.05, 0) is 55.5 Å². The van der Waals surface area contributed by atoms with Crippen LogP contribution in [0.1, 0.15) is 37.7 Å². The Kier molecular flexibility index (Phi) is 7.64. The summed E-state index contributed by atoms with van der Waals surface area (Å²) < 4.78 is 32.3. The van der Waals surface area contributed by atoms with E-state index in [0.717, 1.165) is 42.1 Å². The van der Waals surface area contributed by atoms with Crippen LogP contribution in [0.15, 0.2) is 59.6 Å². The summed E-state index contributed by atoms with van der Waals surface area (Å²) in [6, 6.07) is 14.1. The number of sulfonamides is 1. The highest BCUT2D eigenvalue weighted by Gasteiger charge is 2.26. The number of aromatic amines is 1. The number of hydrogen-bond donors (Lipinski definition) is 2. The highest BCUT2D eigenvalue weighted by molar-refractivity contribution is 7.89. The normalized spacial score (nSPS) is 14.7. The predicted octanol–water partition coefficient (Wildman–Crippen LogP) is 3.85. The summed E-state index contributed by atoms with van der Waals surface area (Å²) in [5.41, 5.74) is 2.54. The fourth-order valence-corrected chi connectivity index (χ4v) is 5.73. The van der Waals surface area contributed by atoms with Crippen LogP contribution in [0.2, 0.25) is 0 Å². The number of hydrogen-bond acceptors (Lipinski definition) is 5. The van der Waals surface area contributed by atoms with Crippen LogP contribution in [0.25, 0.3) is 10.9 Å². The number of esters is 1. The topological polar surface area (TPSA) is 109 Å². The van der Waals surface area contributed by atoms with E-state index in [4.69, 9.17) is 4.74 Å². The van der Waals surface area contributed by atoms with Crippen molar-refractivity contribution in [3.05, 3.63) is 60.3 Å². The van der Waals surface area contributed by atoms with Gasteiger partial charge in [0.1, 0.15) is 0 Å². The Morgan fingerprint density at radius 3 is 2.65 bits per heavy atom. The first-order valence-corrected chi connectivity index (χ1v) is 13.0. The van der Waals surface area contributed by atoms with E-state index >= 15 is 0 Å². The molecule has 0 spiro atoms. The first-order valence-electron chi connectivity index (χ1n) is 11.5. The van der Waals surface area contributed by atoms with E-state index in [9.17, 15) is 18.0 Å². The molecule has 0 atom stereocenters. The number of benzene rings is 2. The number of carbonyl (C=O) groups excluding carboxylic acids is 2. The minimum atomic E-state index is -3.59. The van der Waals surface area contributed by atoms with Crippen molar-refractivity contribution < 1.29 is 22.7 Å². The summed E-state index contributed by atoms with van der Waals surface area (Å²) in [7, 11) is -3.59. The van der Waals surface area contributed by atoms with E-state index in [2.05, 4.69) is 10.3 Å². The highest BCUT2D eigenvalue weighted by atomic mass is 32.2. The molecule has 2 N–H and O–H groups in total. The molecular weight excluding hydrogens is 454 g/mol. The predicted molar refractivity (Wildman–Crippen MR) is 130 cm³/mol. The molecule has 180 valence electrons. The molecule has 0 bridgehead atoms. The molecule has 1 aliphatic rings. The second kappa shape index (κ2) is 10.8. The third-order valence-corrected chi connectivity index (χ3v) is 7.83. The molecule has 2 aromatic carbocycles. The molecule has 1 amide bonds. The molecule has 0 radical (unpaired) electrons. The number of rotatable bonds is 9. The van der Waals surface area contributed by atoms with Gasteiger partial charge >= 0.3 is 5.97 Å². The number of H-pyrrole nitrogens is 1. The van der Waals surface area contributed by atoms with Crippen LogP contribution in [-0.2, 0) is 30.8 Å². The van der Waals surface area contributed by atoms with Crippen LogP contribution in [0.3, 0.4) is 0 Å². The van der Waals surface area contributed by atoms with Gasteiger partial charge < -0.3 is 15.0 Å². The van der Waals surface area contributed by atoms with E-state index < -0.39 is 28.5 Å². The Morgan fingerprint density at radius 2 is 1.82 bits per heavy atom. The van der Waals surface area contributed by atoms with Gasteiger partial charge in [0.25, 0.3) is 5.91 Å². The summed E-state index contributed by atoms with van der Waals surface area (Å²) in [5.74, 6) is -0.964. The number of para-hydroxylation sites is 1. The van der Waals surface area contributed by atoms with Crippen LogP contribution in [0.5, 0.6) is 0 Å². The van der Waals surface area contributed by atoms with Gasteiger partial charge in [-0.2, -0.15) is 4.31 Å². The molecule has 2 heterocycles. The number of aromatic nitrogens is 1. The lowest BCUT2D eigenvalue weighted by Gasteiger charge is -2.26. The Labute approximate surface area is 199 Å². The summed E-state index contributed by atoms with van der Waals surface area (Å²) in [4.78, 5) is 27.6. The van der Waals surface area contributed by atoms with Crippen molar-refractivity contribution in [1.82, 2.24) is 9.29 Å². The van der Waals surface area contributed by atoms with Crippen molar-refractivity contribution in [3.63, 3.8) is 0 Å². The molecular formula is C25H29N3O5S. The third kappa shape index (κ3) is 5.84. The Balaban J connectivity index is 1.23. The molecule has 34 heavy (non-hydrogen) atoms. The molecule has 1 fully saturated rings. The van der Waals surface area contributed by atoms with Gasteiger partial charge in [0.2, 0.25) is 10.0 Å². The Morgan fingerprint density at radius 1 is 1.03 bits per heavy atom. The van der Waals surface area contributed by atoms with E-state index in [-0.39, 0.29) is 11.3 Å². The fraction of sp³-hybridized carbons (Fsp3) is 0.360. The number of anilines is 1. The Hall–Kier alpha value is -3.17. The molecule has 1 saturated heterocycles. The van der Waals surface area contributed by atoms with E-state index in [0.29, 0.717) is 25.2 Å². The number of ether oxygens (including phenoxy) is 1. The molecule has 0 unspecified atom stereocenters. The van der Waals surface area contributed by atoms with Gasteiger partial charge in [-0.3, -0.25) is 9.59 Å². The molecule has 0 saturated carbocycles.